The lowest BCUT2D eigenvalue weighted by atomic mass is 10.0. The number of alkyl halides is 3. The van der Waals surface area contributed by atoms with Crippen LogP contribution in [-0.4, -0.2) is 27.6 Å². The molecule has 0 fully saturated rings. The average Bonchev–Trinajstić information content (AvgIpc) is 2.43. The van der Waals surface area contributed by atoms with Crippen molar-refractivity contribution in [2.75, 3.05) is 0 Å². The standard InChI is InChI=1S/C13H15F3N2O3/c1-3-13(2,16)12(21)18-6-7-4-8(11(19)20)9(10(14)15)17-5-7/h4-5,10H,3,6H2,1-2H3,(H,18,21)(H,19,20). The minimum absolute atomic E-state index is 0.0260. The number of halogens is 3. The van der Waals surface area contributed by atoms with Crippen LogP contribution in [0.25, 0.3) is 0 Å². The third-order valence-corrected chi connectivity index (χ3v) is 3.00. The molecule has 0 spiro atoms. The van der Waals surface area contributed by atoms with E-state index in [0.29, 0.717) is 0 Å². The molecule has 21 heavy (non-hydrogen) atoms. The number of carboxylic acids is 1. The Morgan fingerprint density at radius 2 is 2.10 bits per heavy atom. The molecule has 2 N–H and O–H groups in total. The SMILES string of the molecule is CCC(C)(F)C(=O)NCc1cnc(C(F)F)c(C(=O)O)c1. The van der Waals surface area contributed by atoms with Crippen LogP contribution >= 0.6 is 0 Å². The van der Waals surface area contributed by atoms with E-state index in [1.54, 1.807) is 0 Å². The summed E-state index contributed by atoms with van der Waals surface area (Å²) in [5.41, 5.74) is -3.35. The Morgan fingerprint density at radius 3 is 2.57 bits per heavy atom. The zero-order chi connectivity index (χ0) is 16.2. The van der Waals surface area contributed by atoms with E-state index in [-0.39, 0.29) is 18.5 Å². The molecule has 0 radical (unpaired) electrons. The maximum atomic E-state index is 13.7. The van der Waals surface area contributed by atoms with Crippen LogP contribution in [0.5, 0.6) is 0 Å². The number of aromatic nitrogens is 1. The van der Waals surface area contributed by atoms with E-state index < -0.39 is 35.2 Å². The van der Waals surface area contributed by atoms with Crippen molar-refractivity contribution in [1.82, 2.24) is 10.3 Å². The second-order valence-electron chi connectivity index (χ2n) is 4.62. The van der Waals surface area contributed by atoms with Crippen LogP contribution in [0.4, 0.5) is 13.2 Å². The van der Waals surface area contributed by atoms with E-state index >= 15 is 0 Å². The van der Waals surface area contributed by atoms with Gasteiger partial charge in [-0.3, -0.25) is 9.78 Å². The molecule has 1 rings (SSSR count). The molecule has 116 valence electrons. The molecule has 0 aromatic carbocycles. The van der Waals surface area contributed by atoms with E-state index in [1.807, 2.05) is 0 Å². The zero-order valence-electron chi connectivity index (χ0n) is 11.5. The van der Waals surface area contributed by atoms with Gasteiger partial charge in [0.1, 0.15) is 5.69 Å². The second kappa shape index (κ2) is 6.55. The number of amides is 1. The van der Waals surface area contributed by atoms with Crippen molar-refractivity contribution in [2.45, 2.75) is 38.9 Å². The van der Waals surface area contributed by atoms with Crippen molar-refractivity contribution in [3.05, 3.63) is 29.1 Å². The molecule has 0 aliphatic rings. The van der Waals surface area contributed by atoms with Crippen molar-refractivity contribution < 1.29 is 27.9 Å². The normalized spacial score (nSPS) is 13.8. The number of hydrogen-bond donors (Lipinski definition) is 2. The van der Waals surface area contributed by atoms with Crippen LogP contribution in [0.15, 0.2) is 12.3 Å². The highest BCUT2D eigenvalue weighted by Gasteiger charge is 2.30. The summed E-state index contributed by atoms with van der Waals surface area (Å²) < 4.78 is 38.9. The van der Waals surface area contributed by atoms with Gasteiger partial charge >= 0.3 is 5.97 Å². The molecule has 0 saturated heterocycles. The minimum Gasteiger partial charge on any atom is -0.478 e. The van der Waals surface area contributed by atoms with Crippen LogP contribution in [-0.2, 0) is 11.3 Å². The molecule has 0 aliphatic heterocycles. The third-order valence-electron chi connectivity index (χ3n) is 3.00. The second-order valence-corrected chi connectivity index (χ2v) is 4.62. The molecular formula is C13H15F3N2O3. The summed E-state index contributed by atoms with van der Waals surface area (Å²) in [6.07, 6.45) is -2.02. The maximum Gasteiger partial charge on any atom is 0.337 e. The number of carboxylic acid groups (broad SMARTS) is 1. The summed E-state index contributed by atoms with van der Waals surface area (Å²) in [5.74, 6) is -2.41. The Bertz CT molecular complexity index is 547. The largest absolute Gasteiger partial charge is 0.478 e. The lowest BCUT2D eigenvalue weighted by Crippen LogP contribution is -2.40. The maximum absolute atomic E-state index is 13.7. The van der Waals surface area contributed by atoms with Gasteiger partial charge in [-0.2, -0.15) is 0 Å². The molecule has 1 atom stereocenters. The van der Waals surface area contributed by atoms with Gasteiger partial charge in [0.15, 0.2) is 5.67 Å². The molecule has 1 aromatic heterocycles. The predicted octanol–water partition coefficient (Wildman–Crippen LogP) is 2.47. The predicted molar refractivity (Wildman–Crippen MR) is 67.8 cm³/mol. The van der Waals surface area contributed by atoms with Gasteiger partial charge in [0, 0.05) is 12.7 Å². The highest BCUT2D eigenvalue weighted by atomic mass is 19.3. The van der Waals surface area contributed by atoms with Gasteiger partial charge in [0.2, 0.25) is 0 Å². The van der Waals surface area contributed by atoms with E-state index in [2.05, 4.69) is 10.3 Å². The number of aromatic carboxylic acids is 1. The topological polar surface area (TPSA) is 79.3 Å². The summed E-state index contributed by atoms with van der Waals surface area (Å²) in [5, 5.41) is 11.1. The fourth-order valence-electron chi connectivity index (χ4n) is 1.49. The number of nitrogens with one attached hydrogen (secondary N) is 1. The van der Waals surface area contributed by atoms with E-state index in [0.717, 1.165) is 19.2 Å². The number of pyridine rings is 1. The zero-order valence-corrected chi connectivity index (χ0v) is 11.5. The van der Waals surface area contributed by atoms with Crippen LogP contribution in [0.2, 0.25) is 0 Å². The Kier molecular flexibility index (Phi) is 5.28. The van der Waals surface area contributed by atoms with Crippen molar-refractivity contribution in [1.29, 1.82) is 0 Å². The van der Waals surface area contributed by atoms with Gasteiger partial charge in [-0.1, -0.05) is 6.92 Å². The van der Waals surface area contributed by atoms with Gasteiger partial charge in [-0.15, -0.1) is 0 Å². The van der Waals surface area contributed by atoms with Gasteiger partial charge < -0.3 is 10.4 Å². The Morgan fingerprint density at radius 1 is 1.48 bits per heavy atom. The van der Waals surface area contributed by atoms with Gasteiger partial charge in [-0.25, -0.2) is 18.0 Å². The van der Waals surface area contributed by atoms with Crippen LogP contribution in [0, 0.1) is 0 Å². The van der Waals surface area contributed by atoms with Gasteiger partial charge in [0.05, 0.1) is 5.56 Å². The number of carbonyl (C=O) groups excluding carboxylic acids is 1. The molecule has 0 bridgehead atoms. The van der Waals surface area contributed by atoms with Crippen LogP contribution in [0.3, 0.4) is 0 Å². The number of carbonyl (C=O) groups is 2. The Labute approximate surface area is 119 Å². The molecule has 0 saturated carbocycles. The summed E-state index contributed by atoms with van der Waals surface area (Å²) in [6, 6.07) is 0.985. The number of nitrogens with zero attached hydrogens (tertiary/aromatic N) is 1. The first-order chi connectivity index (χ1) is 9.69. The van der Waals surface area contributed by atoms with E-state index in [1.165, 1.54) is 6.92 Å². The summed E-state index contributed by atoms with van der Waals surface area (Å²) in [4.78, 5) is 25.8. The van der Waals surface area contributed by atoms with Crippen molar-refractivity contribution in [3.8, 4) is 0 Å². The first kappa shape index (κ1) is 16.9. The molecule has 1 unspecified atom stereocenters. The number of hydrogen-bond acceptors (Lipinski definition) is 3. The highest BCUT2D eigenvalue weighted by Crippen LogP contribution is 2.21. The lowest BCUT2D eigenvalue weighted by molar-refractivity contribution is -0.132. The van der Waals surface area contributed by atoms with Gasteiger partial charge in [-0.05, 0) is 25.0 Å². The van der Waals surface area contributed by atoms with Crippen LogP contribution in [0.1, 0.15) is 48.3 Å². The molecule has 8 heteroatoms. The molecule has 5 nitrogen and oxygen atoms in total. The quantitative estimate of drug-likeness (QED) is 0.846. The Balaban J connectivity index is 2.89. The molecule has 0 aliphatic carbocycles. The smallest absolute Gasteiger partial charge is 0.337 e. The average molecular weight is 304 g/mol. The fraction of sp³-hybridized carbons (Fsp3) is 0.462. The van der Waals surface area contributed by atoms with Gasteiger partial charge in [0.25, 0.3) is 12.3 Å². The molecular weight excluding hydrogens is 289 g/mol. The first-order valence-corrected chi connectivity index (χ1v) is 6.16. The molecule has 1 amide bonds. The monoisotopic (exact) mass is 304 g/mol. The third kappa shape index (κ3) is 4.17. The number of rotatable bonds is 6. The van der Waals surface area contributed by atoms with Crippen molar-refractivity contribution in [2.24, 2.45) is 0 Å². The van der Waals surface area contributed by atoms with E-state index in [9.17, 15) is 22.8 Å². The first-order valence-electron chi connectivity index (χ1n) is 6.16. The van der Waals surface area contributed by atoms with Crippen LogP contribution < -0.4 is 5.32 Å². The van der Waals surface area contributed by atoms with Crippen molar-refractivity contribution in [3.63, 3.8) is 0 Å². The van der Waals surface area contributed by atoms with E-state index in [4.69, 9.17) is 5.11 Å². The summed E-state index contributed by atoms with van der Waals surface area (Å²) >= 11 is 0. The van der Waals surface area contributed by atoms with Crippen molar-refractivity contribution >= 4 is 11.9 Å². The fourth-order valence-corrected chi connectivity index (χ4v) is 1.49. The Hall–Kier alpha value is -2.12. The summed E-state index contributed by atoms with van der Waals surface area (Å²) in [7, 11) is 0. The molecule has 1 heterocycles. The summed E-state index contributed by atoms with van der Waals surface area (Å²) in [6.45, 7) is 2.42. The lowest BCUT2D eigenvalue weighted by Gasteiger charge is -2.17. The molecule has 1 aromatic rings. The highest BCUT2D eigenvalue weighted by molar-refractivity contribution is 5.89. The minimum atomic E-state index is -3.02.